The van der Waals surface area contributed by atoms with Crippen LogP contribution in [0.15, 0.2) is 42.5 Å². The number of methoxy groups -OCH3 is 1. The number of esters is 1. The zero-order chi connectivity index (χ0) is 16.1. The number of Topliss-reactive ketones (excluding diaryl/α,β-unsaturated/α-hetero) is 1. The molecular weight excluding hydrogens is 287 g/mol. The predicted molar refractivity (Wildman–Crippen MR) is 78.5 cm³/mol. The molecule has 0 N–H and O–H groups in total. The Morgan fingerprint density at radius 3 is 2.36 bits per heavy atom. The van der Waals surface area contributed by atoms with Crippen molar-refractivity contribution in [2.24, 2.45) is 0 Å². The molecule has 0 aliphatic rings. The van der Waals surface area contributed by atoms with Gasteiger partial charge < -0.3 is 9.47 Å². The maximum absolute atomic E-state index is 14.3. The van der Waals surface area contributed by atoms with Gasteiger partial charge in [0.1, 0.15) is 17.9 Å². The van der Waals surface area contributed by atoms with Gasteiger partial charge in [-0.3, -0.25) is 4.79 Å². The molecule has 22 heavy (non-hydrogen) atoms. The molecule has 0 bridgehead atoms. The highest BCUT2D eigenvalue weighted by molar-refractivity contribution is 5.99. The third kappa shape index (κ3) is 3.31. The van der Waals surface area contributed by atoms with Crippen LogP contribution in [0, 0.1) is 5.82 Å². The molecule has 0 aliphatic heterocycles. The maximum atomic E-state index is 14.3. The van der Waals surface area contributed by atoms with Crippen molar-refractivity contribution in [2.45, 2.75) is 13.5 Å². The molecule has 0 radical (unpaired) electrons. The molecular formula is C17H15FO4. The number of ketones is 1. The van der Waals surface area contributed by atoms with E-state index in [0.29, 0.717) is 0 Å². The van der Waals surface area contributed by atoms with E-state index in [1.165, 1.54) is 19.1 Å². The molecule has 0 atom stereocenters. The molecule has 2 rings (SSSR count). The number of carbonyl (C=O) groups excluding carboxylic acids is 2. The van der Waals surface area contributed by atoms with E-state index in [0.717, 1.165) is 12.7 Å². The van der Waals surface area contributed by atoms with Crippen molar-refractivity contribution in [3.8, 4) is 5.75 Å². The summed E-state index contributed by atoms with van der Waals surface area (Å²) in [4.78, 5) is 23.2. The lowest BCUT2D eigenvalue weighted by Gasteiger charge is -2.12. The van der Waals surface area contributed by atoms with Gasteiger partial charge in [-0.25, -0.2) is 9.18 Å². The summed E-state index contributed by atoms with van der Waals surface area (Å²) in [6, 6.07) is 11.9. The van der Waals surface area contributed by atoms with Crippen LogP contribution >= 0.6 is 0 Å². The van der Waals surface area contributed by atoms with E-state index < -0.39 is 17.6 Å². The summed E-state index contributed by atoms with van der Waals surface area (Å²) in [5.74, 6) is -2.25. The van der Waals surface area contributed by atoms with Crippen molar-refractivity contribution >= 4 is 11.8 Å². The largest absolute Gasteiger partial charge is 0.488 e. The fourth-order valence-corrected chi connectivity index (χ4v) is 1.98. The minimum Gasteiger partial charge on any atom is -0.488 e. The highest BCUT2D eigenvalue weighted by atomic mass is 19.1. The highest BCUT2D eigenvalue weighted by Crippen LogP contribution is 2.26. The van der Waals surface area contributed by atoms with Crippen LogP contribution < -0.4 is 4.74 Å². The second-order valence-corrected chi connectivity index (χ2v) is 4.62. The van der Waals surface area contributed by atoms with Crippen molar-refractivity contribution in [3.63, 3.8) is 0 Å². The number of ether oxygens (including phenoxy) is 2. The summed E-state index contributed by atoms with van der Waals surface area (Å²) in [5, 5.41) is 0. The summed E-state index contributed by atoms with van der Waals surface area (Å²) >= 11 is 0. The van der Waals surface area contributed by atoms with E-state index in [4.69, 9.17) is 4.74 Å². The average Bonchev–Trinajstić information content (AvgIpc) is 2.52. The molecule has 5 heteroatoms. The summed E-state index contributed by atoms with van der Waals surface area (Å²) < 4.78 is 24.4. The van der Waals surface area contributed by atoms with Gasteiger partial charge in [0.2, 0.25) is 0 Å². The van der Waals surface area contributed by atoms with E-state index in [2.05, 4.69) is 4.74 Å². The van der Waals surface area contributed by atoms with Crippen LogP contribution in [0.5, 0.6) is 5.75 Å². The molecule has 4 nitrogen and oxygen atoms in total. The third-order valence-electron chi connectivity index (χ3n) is 3.11. The zero-order valence-corrected chi connectivity index (χ0v) is 12.3. The molecule has 0 fully saturated rings. The average molecular weight is 302 g/mol. The van der Waals surface area contributed by atoms with E-state index in [-0.39, 0.29) is 23.5 Å². The summed E-state index contributed by atoms with van der Waals surface area (Å²) in [5.41, 5.74) is 0.327. The third-order valence-corrected chi connectivity index (χ3v) is 3.11. The number of carbonyl (C=O) groups is 2. The number of hydrogen-bond acceptors (Lipinski definition) is 4. The lowest BCUT2D eigenvalue weighted by molar-refractivity contribution is 0.0590. The number of halogens is 1. The second-order valence-electron chi connectivity index (χ2n) is 4.62. The second kappa shape index (κ2) is 6.85. The van der Waals surface area contributed by atoms with Gasteiger partial charge in [-0.15, -0.1) is 0 Å². The molecule has 0 saturated heterocycles. The van der Waals surface area contributed by atoms with E-state index >= 15 is 0 Å². The van der Waals surface area contributed by atoms with Gasteiger partial charge in [0.15, 0.2) is 11.6 Å². The zero-order valence-electron chi connectivity index (χ0n) is 12.3. The Morgan fingerprint density at radius 1 is 1.09 bits per heavy atom. The Kier molecular flexibility index (Phi) is 4.88. The minimum atomic E-state index is -0.926. The van der Waals surface area contributed by atoms with Gasteiger partial charge in [0.25, 0.3) is 0 Å². The van der Waals surface area contributed by atoms with Crippen LogP contribution in [0.3, 0.4) is 0 Å². The molecule has 0 saturated carbocycles. The van der Waals surface area contributed by atoms with Crippen LogP contribution in [0.2, 0.25) is 0 Å². The number of hydrogen-bond donors (Lipinski definition) is 0. The lowest BCUT2D eigenvalue weighted by Crippen LogP contribution is -2.12. The Balaban J connectivity index is 2.36. The van der Waals surface area contributed by atoms with Crippen LogP contribution in [-0.4, -0.2) is 18.9 Å². The van der Waals surface area contributed by atoms with Crippen molar-refractivity contribution in [3.05, 3.63) is 65.0 Å². The van der Waals surface area contributed by atoms with Crippen molar-refractivity contribution in [1.82, 2.24) is 0 Å². The topological polar surface area (TPSA) is 52.6 Å². The van der Waals surface area contributed by atoms with E-state index in [1.54, 1.807) is 0 Å². The predicted octanol–water partition coefficient (Wildman–Crippen LogP) is 3.39. The van der Waals surface area contributed by atoms with Gasteiger partial charge in [-0.2, -0.15) is 0 Å². The summed E-state index contributed by atoms with van der Waals surface area (Å²) in [6.07, 6.45) is 0. The summed E-state index contributed by atoms with van der Waals surface area (Å²) in [6.45, 7) is 1.40. The maximum Gasteiger partial charge on any atom is 0.344 e. The molecule has 0 aliphatic carbocycles. The Hall–Kier alpha value is -2.69. The molecule has 0 aromatic heterocycles. The molecule has 2 aromatic carbocycles. The number of rotatable bonds is 5. The smallest absolute Gasteiger partial charge is 0.344 e. The first-order chi connectivity index (χ1) is 10.5. The SMILES string of the molecule is COC(=O)c1c(OCc2ccccc2)ccc(C(C)=O)c1F. The van der Waals surface area contributed by atoms with Gasteiger partial charge >= 0.3 is 5.97 Å². The molecule has 0 heterocycles. The van der Waals surface area contributed by atoms with Crippen LogP contribution in [-0.2, 0) is 11.3 Å². The monoisotopic (exact) mass is 302 g/mol. The van der Waals surface area contributed by atoms with Crippen molar-refractivity contribution in [1.29, 1.82) is 0 Å². The quantitative estimate of drug-likeness (QED) is 0.627. The van der Waals surface area contributed by atoms with E-state index in [9.17, 15) is 14.0 Å². The Bertz CT molecular complexity index is 695. The minimum absolute atomic E-state index is 0.0400. The first-order valence-electron chi connectivity index (χ1n) is 6.63. The normalized spacial score (nSPS) is 10.1. The fourth-order valence-electron chi connectivity index (χ4n) is 1.98. The van der Waals surface area contributed by atoms with Crippen LogP contribution in [0.4, 0.5) is 4.39 Å². The Labute approximate surface area is 127 Å². The van der Waals surface area contributed by atoms with Gasteiger partial charge in [0.05, 0.1) is 12.7 Å². The van der Waals surface area contributed by atoms with Gasteiger partial charge in [-0.05, 0) is 24.6 Å². The lowest BCUT2D eigenvalue weighted by atomic mass is 10.1. The molecule has 114 valence electrons. The molecule has 0 unspecified atom stereocenters. The van der Waals surface area contributed by atoms with Crippen molar-refractivity contribution < 1.29 is 23.5 Å². The molecule has 2 aromatic rings. The molecule has 0 amide bonds. The summed E-state index contributed by atoms with van der Waals surface area (Å²) in [7, 11) is 1.14. The first kappa shape index (κ1) is 15.7. The van der Waals surface area contributed by atoms with Crippen LogP contribution in [0.1, 0.15) is 33.2 Å². The first-order valence-corrected chi connectivity index (χ1v) is 6.63. The van der Waals surface area contributed by atoms with E-state index in [1.807, 2.05) is 30.3 Å². The highest BCUT2D eigenvalue weighted by Gasteiger charge is 2.23. The standard InChI is InChI=1S/C17H15FO4/c1-11(19)13-8-9-14(15(16(13)18)17(20)21-2)22-10-12-6-4-3-5-7-12/h3-9H,10H2,1-2H3. The fraction of sp³-hybridized carbons (Fsp3) is 0.176. The molecule has 0 spiro atoms. The van der Waals surface area contributed by atoms with Gasteiger partial charge in [0, 0.05) is 0 Å². The number of benzene rings is 2. The van der Waals surface area contributed by atoms with Crippen molar-refractivity contribution in [2.75, 3.05) is 7.11 Å². The van der Waals surface area contributed by atoms with Gasteiger partial charge in [-0.1, -0.05) is 30.3 Å². The Morgan fingerprint density at radius 2 is 1.77 bits per heavy atom. The van der Waals surface area contributed by atoms with Crippen LogP contribution in [0.25, 0.3) is 0 Å².